The zero-order chi connectivity index (χ0) is 42.9. The third-order valence-corrected chi connectivity index (χ3v) is 13.7. The molecule has 2 nitrogen and oxygen atoms in total. The quantitative estimate of drug-likeness (QED) is 0.159. The van der Waals surface area contributed by atoms with E-state index in [0.29, 0.717) is 0 Å². The van der Waals surface area contributed by atoms with Crippen LogP contribution in [0.2, 0.25) is 0 Å². The fraction of sp³-hybridized carbons (Fsp3) is 0.0159. The van der Waals surface area contributed by atoms with Gasteiger partial charge in [-0.3, -0.25) is 0 Å². The number of anilines is 3. The summed E-state index contributed by atoms with van der Waals surface area (Å²) in [5.74, 6) is 0. The summed E-state index contributed by atoms with van der Waals surface area (Å²) in [6, 6.07) is 90.9. The van der Waals surface area contributed by atoms with E-state index >= 15 is 0 Å². The van der Waals surface area contributed by atoms with E-state index < -0.39 is 5.41 Å². The van der Waals surface area contributed by atoms with E-state index in [0.717, 1.165) is 60.9 Å². The summed E-state index contributed by atoms with van der Waals surface area (Å²) in [5, 5.41) is 6.81. The van der Waals surface area contributed by atoms with Crippen LogP contribution >= 0.6 is 0 Å². The SMILES string of the molecule is c1ccc(-c2ccc(N(c3ccc4c(c3)C(c3ccccc3)(c3ccccc3)c3ccccc3-4)c3cc(-c4cccc5ccccc45)cc4oc5c6ccccc6ccc5c34)cc2)cc1. The van der Waals surface area contributed by atoms with Gasteiger partial charge in [0.2, 0.25) is 0 Å². The van der Waals surface area contributed by atoms with Crippen molar-refractivity contribution in [3.8, 4) is 33.4 Å². The number of hydrogen-bond acceptors (Lipinski definition) is 2. The van der Waals surface area contributed by atoms with E-state index in [1.807, 2.05) is 0 Å². The zero-order valence-electron chi connectivity index (χ0n) is 35.5. The average Bonchev–Trinajstić information content (AvgIpc) is 3.91. The van der Waals surface area contributed by atoms with Crippen LogP contribution in [0.1, 0.15) is 22.3 Å². The maximum Gasteiger partial charge on any atom is 0.143 e. The number of furan rings is 1. The summed E-state index contributed by atoms with van der Waals surface area (Å²) in [4.78, 5) is 2.47. The zero-order valence-corrected chi connectivity index (χ0v) is 35.5. The molecule has 1 aliphatic rings. The highest BCUT2D eigenvalue weighted by molar-refractivity contribution is 6.21. The first-order valence-electron chi connectivity index (χ1n) is 22.4. The Bertz CT molecular complexity index is 3710. The molecule has 0 atom stereocenters. The molecule has 304 valence electrons. The van der Waals surface area contributed by atoms with Gasteiger partial charge in [0.1, 0.15) is 11.2 Å². The molecular formula is C63H41NO. The van der Waals surface area contributed by atoms with Crippen LogP contribution < -0.4 is 4.90 Å². The second-order valence-electron chi connectivity index (χ2n) is 17.2. The van der Waals surface area contributed by atoms with E-state index in [-0.39, 0.29) is 0 Å². The molecule has 11 aromatic carbocycles. The number of benzene rings is 11. The molecule has 0 unspecified atom stereocenters. The van der Waals surface area contributed by atoms with Crippen molar-refractivity contribution in [1.82, 2.24) is 0 Å². The highest BCUT2D eigenvalue weighted by Crippen LogP contribution is 2.58. The maximum absolute atomic E-state index is 7.12. The molecule has 65 heavy (non-hydrogen) atoms. The molecule has 0 saturated heterocycles. The minimum Gasteiger partial charge on any atom is -0.455 e. The number of hydrogen-bond donors (Lipinski definition) is 0. The van der Waals surface area contributed by atoms with Gasteiger partial charge < -0.3 is 9.32 Å². The minimum absolute atomic E-state index is 0.561. The van der Waals surface area contributed by atoms with Crippen molar-refractivity contribution in [3.05, 3.63) is 271 Å². The van der Waals surface area contributed by atoms with Crippen LogP contribution in [-0.4, -0.2) is 0 Å². The molecule has 12 aromatic rings. The molecule has 0 bridgehead atoms. The molecule has 0 aliphatic heterocycles. The summed E-state index contributed by atoms with van der Waals surface area (Å²) in [7, 11) is 0. The van der Waals surface area contributed by atoms with Crippen molar-refractivity contribution < 1.29 is 4.42 Å². The van der Waals surface area contributed by atoms with Crippen LogP contribution in [0.15, 0.2) is 253 Å². The van der Waals surface area contributed by atoms with Gasteiger partial charge in [0.15, 0.2) is 0 Å². The van der Waals surface area contributed by atoms with Gasteiger partial charge in [-0.15, -0.1) is 0 Å². The lowest BCUT2D eigenvalue weighted by Gasteiger charge is -2.35. The van der Waals surface area contributed by atoms with Gasteiger partial charge in [0.25, 0.3) is 0 Å². The average molecular weight is 828 g/mol. The third-order valence-electron chi connectivity index (χ3n) is 13.7. The molecule has 0 spiro atoms. The predicted molar refractivity (Wildman–Crippen MR) is 272 cm³/mol. The van der Waals surface area contributed by atoms with Crippen LogP contribution in [0.4, 0.5) is 17.1 Å². The van der Waals surface area contributed by atoms with E-state index in [2.05, 4.69) is 254 Å². The Morgan fingerprint density at radius 2 is 0.908 bits per heavy atom. The molecule has 1 heterocycles. The fourth-order valence-electron chi connectivity index (χ4n) is 10.9. The lowest BCUT2D eigenvalue weighted by atomic mass is 9.67. The summed E-state index contributed by atoms with van der Waals surface area (Å²) in [6.45, 7) is 0. The van der Waals surface area contributed by atoms with Gasteiger partial charge in [0, 0.05) is 22.1 Å². The Labute approximate surface area is 377 Å². The van der Waals surface area contributed by atoms with Gasteiger partial charge in [-0.05, 0) is 114 Å². The highest BCUT2D eigenvalue weighted by atomic mass is 16.3. The lowest BCUT2D eigenvalue weighted by Crippen LogP contribution is -2.28. The van der Waals surface area contributed by atoms with Crippen LogP contribution in [0, 0.1) is 0 Å². The van der Waals surface area contributed by atoms with E-state index in [1.54, 1.807) is 0 Å². The maximum atomic E-state index is 7.12. The molecule has 0 N–H and O–H groups in total. The van der Waals surface area contributed by atoms with Crippen LogP contribution in [0.3, 0.4) is 0 Å². The van der Waals surface area contributed by atoms with Crippen LogP contribution in [0.25, 0.3) is 76.9 Å². The van der Waals surface area contributed by atoms with Crippen molar-refractivity contribution in [2.45, 2.75) is 5.41 Å². The van der Waals surface area contributed by atoms with Crippen molar-refractivity contribution in [1.29, 1.82) is 0 Å². The topological polar surface area (TPSA) is 16.4 Å². The summed E-state index contributed by atoms with van der Waals surface area (Å²) in [5.41, 5.74) is 16.5. The fourth-order valence-corrected chi connectivity index (χ4v) is 10.9. The largest absolute Gasteiger partial charge is 0.455 e. The van der Waals surface area contributed by atoms with Gasteiger partial charge in [-0.2, -0.15) is 0 Å². The smallest absolute Gasteiger partial charge is 0.143 e. The van der Waals surface area contributed by atoms with Crippen LogP contribution in [-0.2, 0) is 5.41 Å². The van der Waals surface area contributed by atoms with E-state index in [9.17, 15) is 0 Å². The lowest BCUT2D eigenvalue weighted by molar-refractivity contribution is 0.673. The van der Waals surface area contributed by atoms with Crippen molar-refractivity contribution >= 4 is 60.5 Å². The second-order valence-corrected chi connectivity index (χ2v) is 17.2. The summed E-state index contributed by atoms with van der Waals surface area (Å²) >= 11 is 0. The molecule has 0 fully saturated rings. The van der Waals surface area contributed by atoms with Gasteiger partial charge in [-0.1, -0.05) is 206 Å². The Morgan fingerprint density at radius 1 is 0.338 bits per heavy atom. The van der Waals surface area contributed by atoms with Crippen molar-refractivity contribution in [2.24, 2.45) is 0 Å². The Hall–Kier alpha value is -8.46. The predicted octanol–water partition coefficient (Wildman–Crippen LogP) is 17.1. The molecule has 2 heteroatoms. The summed E-state index contributed by atoms with van der Waals surface area (Å²) in [6.07, 6.45) is 0. The number of rotatable bonds is 7. The molecule has 1 aromatic heterocycles. The van der Waals surface area contributed by atoms with E-state index in [4.69, 9.17) is 4.42 Å². The van der Waals surface area contributed by atoms with Gasteiger partial charge >= 0.3 is 0 Å². The number of fused-ring (bicyclic) bond motifs is 9. The standard InChI is InChI=1S/C63H41NO/c1-4-17-42(18-5-1)43-31-34-49(35-32-43)64(50-36-38-55-54-28-14-15-30-57(54)63(58(55)41-50,47-22-6-2-7-23-47)48-24-8-3-9-25-48)59-39-46(52-29-16-21-44-19-10-12-26-51(44)52)40-60-61(59)56-37-33-45-20-11-13-27-53(45)62(56)65-60/h1-41H. The molecule has 0 radical (unpaired) electrons. The highest BCUT2D eigenvalue weighted by Gasteiger charge is 2.46. The molecule has 0 amide bonds. The molecule has 1 aliphatic carbocycles. The molecular weight excluding hydrogens is 787 g/mol. The monoisotopic (exact) mass is 827 g/mol. The Morgan fingerprint density at radius 3 is 1.66 bits per heavy atom. The second kappa shape index (κ2) is 14.8. The Balaban J connectivity index is 1.14. The summed E-state index contributed by atoms with van der Waals surface area (Å²) < 4.78 is 7.12. The third kappa shape index (κ3) is 5.74. The first kappa shape index (κ1) is 37.1. The van der Waals surface area contributed by atoms with Gasteiger partial charge in [0.05, 0.1) is 16.5 Å². The van der Waals surface area contributed by atoms with E-state index in [1.165, 1.54) is 55.3 Å². The van der Waals surface area contributed by atoms with Crippen LogP contribution in [0.5, 0.6) is 0 Å². The van der Waals surface area contributed by atoms with Crippen molar-refractivity contribution in [3.63, 3.8) is 0 Å². The number of nitrogens with zero attached hydrogens (tertiary/aromatic N) is 1. The normalized spacial score (nSPS) is 12.7. The molecule has 13 rings (SSSR count). The first-order valence-corrected chi connectivity index (χ1v) is 22.4. The van der Waals surface area contributed by atoms with Crippen molar-refractivity contribution in [2.75, 3.05) is 4.90 Å². The first-order chi connectivity index (χ1) is 32.2. The Kier molecular flexibility index (Phi) is 8.47. The molecule has 0 saturated carbocycles. The van der Waals surface area contributed by atoms with Gasteiger partial charge in [-0.25, -0.2) is 0 Å². The minimum atomic E-state index is -0.561.